The Hall–Kier alpha value is -2.53. The number of ether oxygens (including phenoxy) is 2. The maximum Gasteiger partial charge on any atom is 0.231 e. The Bertz CT molecular complexity index is 788. The third-order valence-corrected chi connectivity index (χ3v) is 4.60. The highest BCUT2D eigenvalue weighted by Crippen LogP contribution is 2.35. The van der Waals surface area contributed by atoms with Crippen molar-refractivity contribution in [3.63, 3.8) is 0 Å². The van der Waals surface area contributed by atoms with Crippen LogP contribution in [-0.2, 0) is 17.8 Å². The molecule has 5 nitrogen and oxygen atoms in total. The number of carbonyl (C=O) groups excluding carboxylic acids is 1. The first kappa shape index (κ1) is 15.0. The lowest BCUT2D eigenvalue weighted by atomic mass is 9.97. The number of rotatable bonds is 4. The molecule has 5 heteroatoms. The summed E-state index contributed by atoms with van der Waals surface area (Å²) in [5.74, 6) is 1.75. The Morgan fingerprint density at radius 3 is 3.04 bits per heavy atom. The lowest BCUT2D eigenvalue weighted by Crippen LogP contribution is -2.21. The number of para-hydroxylation sites is 1. The Kier molecular flexibility index (Phi) is 3.86. The molecule has 0 spiro atoms. The molecule has 1 amide bonds. The van der Waals surface area contributed by atoms with Crippen LogP contribution in [-0.4, -0.2) is 12.7 Å². The Balaban J connectivity index is 1.46. The molecular formula is C19H20N2O3. The molecule has 0 radical (unpaired) electrons. The van der Waals surface area contributed by atoms with E-state index < -0.39 is 0 Å². The summed E-state index contributed by atoms with van der Waals surface area (Å²) in [6.07, 6.45) is 1.37. The van der Waals surface area contributed by atoms with Crippen LogP contribution in [0.15, 0.2) is 36.4 Å². The number of nitrogens with one attached hydrogen (secondary N) is 2. The molecule has 124 valence electrons. The van der Waals surface area contributed by atoms with E-state index in [0.29, 0.717) is 19.8 Å². The second kappa shape index (κ2) is 6.17. The Labute approximate surface area is 141 Å². The lowest BCUT2D eigenvalue weighted by molar-refractivity contribution is -0.116. The smallest absolute Gasteiger partial charge is 0.231 e. The molecular weight excluding hydrogens is 304 g/mol. The summed E-state index contributed by atoms with van der Waals surface area (Å²) < 4.78 is 11.0. The maximum atomic E-state index is 11.5. The summed E-state index contributed by atoms with van der Waals surface area (Å²) in [5.41, 5.74) is 4.46. The number of hydrogen-bond acceptors (Lipinski definition) is 4. The molecule has 2 heterocycles. The van der Waals surface area contributed by atoms with Gasteiger partial charge in [-0.15, -0.1) is 0 Å². The summed E-state index contributed by atoms with van der Waals surface area (Å²) in [7, 11) is 0. The monoisotopic (exact) mass is 324 g/mol. The summed E-state index contributed by atoms with van der Waals surface area (Å²) in [6, 6.07) is 12.4. The molecule has 2 aromatic carbocycles. The van der Waals surface area contributed by atoms with Crippen molar-refractivity contribution in [2.45, 2.75) is 32.4 Å². The molecule has 0 aromatic heterocycles. The van der Waals surface area contributed by atoms with Gasteiger partial charge in [-0.05, 0) is 36.6 Å². The molecule has 0 saturated carbocycles. The average Bonchev–Trinajstić information content (AvgIpc) is 3.08. The van der Waals surface area contributed by atoms with Gasteiger partial charge in [0.05, 0.1) is 0 Å². The molecule has 2 aliphatic heterocycles. The molecule has 2 N–H and O–H groups in total. The van der Waals surface area contributed by atoms with Crippen molar-refractivity contribution in [2.24, 2.45) is 0 Å². The van der Waals surface area contributed by atoms with Gasteiger partial charge < -0.3 is 20.1 Å². The fraction of sp³-hybridized carbons (Fsp3) is 0.316. The number of aryl methyl sites for hydroxylation is 1. The van der Waals surface area contributed by atoms with Crippen LogP contribution in [0.5, 0.6) is 11.5 Å². The van der Waals surface area contributed by atoms with Crippen molar-refractivity contribution in [1.82, 2.24) is 5.32 Å². The van der Waals surface area contributed by atoms with E-state index in [1.807, 2.05) is 18.2 Å². The third kappa shape index (κ3) is 2.83. The van der Waals surface area contributed by atoms with E-state index >= 15 is 0 Å². The molecule has 1 atom stereocenters. The number of amides is 1. The SMILES string of the molecule is C[C@@H](NCc1cccc2c1OCO2)c1ccc2c(c1)CCC(=O)N2. The van der Waals surface area contributed by atoms with Crippen LogP contribution in [0.25, 0.3) is 0 Å². The van der Waals surface area contributed by atoms with Crippen LogP contribution in [0.4, 0.5) is 5.69 Å². The van der Waals surface area contributed by atoms with Crippen molar-refractivity contribution in [3.8, 4) is 11.5 Å². The van der Waals surface area contributed by atoms with E-state index in [9.17, 15) is 4.79 Å². The van der Waals surface area contributed by atoms with Gasteiger partial charge in [0.25, 0.3) is 0 Å². The first-order valence-electron chi connectivity index (χ1n) is 8.24. The second-order valence-electron chi connectivity index (χ2n) is 6.22. The van der Waals surface area contributed by atoms with Crippen LogP contribution in [0.3, 0.4) is 0 Å². The van der Waals surface area contributed by atoms with Gasteiger partial charge in [0.15, 0.2) is 11.5 Å². The van der Waals surface area contributed by atoms with E-state index in [-0.39, 0.29) is 11.9 Å². The molecule has 2 aromatic rings. The van der Waals surface area contributed by atoms with Gasteiger partial charge in [-0.25, -0.2) is 0 Å². The highest BCUT2D eigenvalue weighted by Gasteiger charge is 2.19. The summed E-state index contributed by atoms with van der Waals surface area (Å²) in [5, 5.41) is 6.46. The van der Waals surface area contributed by atoms with Crippen LogP contribution in [0.1, 0.15) is 36.1 Å². The zero-order chi connectivity index (χ0) is 16.5. The van der Waals surface area contributed by atoms with Crippen LogP contribution >= 0.6 is 0 Å². The average molecular weight is 324 g/mol. The minimum atomic E-state index is 0.0987. The predicted octanol–water partition coefficient (Wildman–Crippen LogP) is 3.15. The summed E-state index contributed by atoms with van der Waals surface area (Å²) >= 11 is 0. The Morgan fingerprint density at radius 1 is 1.21 bits per heavy atom. The van der Waals surface area contributed by atoms with Crippen molar-refractivity contribution in [3.05, 3.63) is 53.1 Å². The quantitative estimate of drug-likeness (QED) is 0.907. The predicted molar refractivity (Wildman–Crippen MR) is 91.2 cm³/mol. The number of carbonyl (C=O) groups is 1. The van der Waals surface area contributed by atoms with Crippen LogP contribution in [0, 0.1) is 0 Å². The molecule has 0 unspecified atom stereocenters. The minimum Gasteiger partial charge on any atom is -0.454 e. The number of hydrogen-bond donors (Lipinski definition) is 2. The lowest BCUT2D eigenvalue weighted by Gasteiger charge is -2.20. The van der Waals surface area contributed by atoms with Crippen LogP contribution < -0.4 is 20.1 Å². The van der Waals surface area contributed by atoms with E-state index in [1.54, 1.807) is 0 Å². The van der Waals surface area contributed by atoms with E-state index in [2.05, 4.69) is 35.8 Å². The zero-order valence-electron chi connectivity index (χ0n) is 13.6. The maximum absolute atomic E-state index is 11.5. The van der Waals surface area contributed by atoms with Crippen molar-refractivity contribution >= 4 is 11.6 Å². The third-order valence-electron chi connectivity index (χ3n) is 4.60. The van der Waals surface area contributed by atoms with Gasteiger partial charge in [0.1, 0.15) is 0 Å². The number of benzene rings is 2. The van der Waals surface area contributed by atoms with Gasteiger partial charge in [-0.1, -0.05) is 24.3 Å². The molecule has 0 saturated heterocycles. The standard InChI is InChI=1S/C19H20N2O3/c1-12(13-5-7-16-14(9-13)6-8-18(22)21-16)20-10-15-3-2-4-17-19(15)24-11-23-17/h2-5,7,9,12,20H,6,8,10-11H2,1H3,(H,21,22)/t12-/m1/s1. The van der Waals surface area contributed by atoms with Crippen molar-refractivity contribution in [1.29, 1.82) is 0 Å². The molecule has 0 aliphatic carbocycles. The highest BCUT2D eigenvalue weighted by atomic mass is 16.7. The fourth-order valence-corrected chi connectivity index (χ4v) is 3.18. The van der Waals surface area contributed by atoms with Crippen LogP contribution in [0.2, 0.25) is 0 Å². The molecule has 0 bridgehead atoms. The normalized spacial score (nSPS) is 16.5. The summed E-state index contributed by atoms with van der Waals surface area (Å²) in [4.78, 5) is 11.5. The Morgan fingerprint density at radius 2 is 2.12 bits per heavy atom. The minimum absolute atomic E-state index is 0.0987. The number of fused-ring (bicyclic) bond motifs is 2. The van der Waals surface area contributed by atoms with E-state index in [1.165, 1.54) is 11.1 Å². The highest BCUT2D eigenvalue weighted by molar-refractivity contribution is 5.93. The van der Waals surface area contributed by atoms with Gasteiger partial charge >= 0.3 is 0 Å². The molecule has 0 fully saturated rings. The first-order valence-corrected chi connectivity index (χ1v) is 8.24. The van der Waals surface area contributed by atoms with Gasteiger partial charge in [-0.2, -0.15) is 0 Å². The largest absolute Gasteiger partial charge is 0.454 e. The number of anilines is 1. The van der Waals surface area contributed by atoms with E-state index in [4.69, 9.17) is 9.47 Å². The molecule has 2 aliphatic rings. The van der Waals surface area contributed by atoms with Gasteiger partial charge in [-0.3, -0.25) is 4.79 Å². The summed E-state index contributed by atoms with van der Waals surface area (Å²) in [6.45, 7) is 3.14. The van der Waals surface area contributed by atoms with Gasteiger partial charge in [0, 0.05) is 30.3 Å². The van der Waals surface area contributed by atoms with Crippen molar-refractivity contribution in [2.75, 3.05) is 12.1 Å². The van der Waals surface area contributed by atoms with E-state index in [0.717, 1.165) is 29.2 Å². The first-order chi connectivity index (χ1) is 11.7. The molecule has 24 heavy (non-hydrogen) atoms. The topological polar surface area (TPSA) is 59.6 Å². The molecule has 4 rings (SSSR count). The van der Waals surface area contributed by atoms with Gasteiger partial charge in [0.2, 0.25) is 12.7 Å². The zero-order valence-corrected chi connectivity index (χ0v) is 13.6. The second-order valence-corrected chi connectivity index (χ2v) is 6.22. The van der Waals surface area contributed by atoms with Crippen molar-refractivity contribution < 1.29 is 14.3 Å². The fourth-order valence-electron chi connectivity index (χ4n) is 3.18.